The number of nitrogens with one attached hydrogen (secondary N) is 1. The number of rotatable bonds is 7. The van der Waals surface area contributed by atoms with E-state index in [2.05, 4.69) is 69.2 Å². The molecule has 0 saturated carbocycles. The Hall–Kier alpha value is -2.54. The van der Waals surface area contributed by atoms with E-state index in [9.17, 15) is 5.11 Å². The van der Waals surface area contributed by atoms with E-state index in [4.69, 9.17) is 0 Å². The minimum absolute atomic E-state index is 0.204. The number of aromatic amines is 1. The highest BCUT2D eigenvalue weighted by molar-refractivity contribution is 5.67. The molecule has 4 rings (SSSR count). The molecule has 3 heterocycles. The summed E-state index contributed by atoms with van der Waals surface area (Å²) in [6.45, 7) is 11.1. The third-order valence-corrected chi connectivity index (χ3v) is 6.24. The van der Waals surface area contributed by atoms with Crippen LogP contribution in [0.2, 0.25) is 0 Å². The van der Waals surface area contributed by atoms with Crippen LogP contribution in [-0.4, -0.2) is 62.4 Å². The molecule has 31 heavy (non-hydrogen) atoms. The van der Waals surface area contributed by atoms with Gasteiger partial charge in [0.15, 0.2) is 0 Å². The minimum atomic E-state index is 0.204. The maximum Gasteiger partial charge on any atom is 0.0698 e. The number of hydrogen-bond acceptors (Lipinski definition) is 5. The summed E-state index contributed by atoms with van der Waals surface area (Å²) in [5, 5.41) is 17.2. The van der Waals surface area contributed by atoms with Gasteiger partial charge in [0.1, 0.15) is 0 Å². The summed E-state index contributed by atoms with van der Waals surface area (Å²) in [6, 6.07) is 13.1. The number of hydrogen-bond donors (Lipinski definition) is 2. The topological polar surface area (TPSA) is 68.3 Å². The van der Waals surface area contributed by atoms with E-state index >= 15 is 0 Å². The number of nitrogens with zero attached hydrogens (tertiary/aromatic N) is 4. The van der Waals surface area contributed by atoms with Gasteiger partial charge in [0.25, 0.3) is 0 Å². The van der Waals surface area contributed by atoms with Crippen molar-refractivity contribution in [2.75, 3.05) is 26.2 Å². The van der Waals surface area contributed by atoms with Crippen LogP contribution >= 0.6 is 0 Å². The van der Waals surface area contributed by atoms with Crippen LogP contribution in [0.5, 0.6) is 0 Å². The monoisotopic (exact) mass is 419 g/mol. The number of pyridine rings is 1. The minimum Gasteiger partial charge on any atom is -0.396 e. The first-order chi connectivity index (χ1) is 15.0. The lowest BCUT2D eigenvalue weighted by Gasteiger charge is -2.41. The Kier molecular flexibility index (Phi) is 6.80. The second-order valence-electron chi connectivity index (χ2n) is 8.73. The predicted molar refractivity (Wildman–Crippen MR) is 124 cm³/mol. The Morgan fingerprint density at radius 1 is 1.10 bits per heavy atom. The van der Waals surface area contributed by atoms with Gasteiger partial charge in [-0.3, -0.25) is 19.9 Å². The fourth-order valence-corrected chi connectivity index (χ4v) is 4.54. The first-order valence-electron chi connectivity index (χ1n) is 11.1. The Morgan fingerprint density at radius 3 is 2.77 bits per heavy atom. The summed E-state index contributed by atoms with van der Waals surface area (Å²) in [7, 11) is 0. The summed E-state index contributed by atoms with van der Waals surface area (Å²) in [5.41, 5.74) is 8.23. The molecule has 0 aliphatic carbocycles. The van der Waals surface area contributed by atoms with Gasteiger partial charge in [0.05, 0.1) is 17.6 Å². The van der Waals surface area contributed by atoms with Gasteiger partial charge in [-0.1, -0.05) is 23.8 Å². The first kappa shape index (κ1) is 21.7. The molecule has 0 spiro atoms. The van der Waals surface area contributed by atoms with E-state index in [0.29, 0.717) is 6.04 Å². The second kappa shape index (κ2) is 9.73. The van der Waals surface area contributed by atoms with E-state index in [1.807, 2.05) is 19.2 Å². The molecule has 0 radical (unpaired) electrons. The fraction of sp³-hybridized carbons (Fsp3) is 0.440. The highest BCUT2D eigenvalue weighted by Gasteiger charge is 2.27. The summed E-state index contributed by atoms with van der Waals surface area (Å²) >= 11 is 0. The van der Waals surface area contributed by atoms with Crippen LogP contribution < -0.4 is 0 Å². The van der Waals surface area contributed by atoms with Crippen LogP contribution in [0.1, 0.15) is 34.5 Å². The number of aliphatic hydroxyl groups excluding tert-OH is 1. The van der Waals surface area contributed by atoms with Gasteiger partial charge < -0.3 is 5.11 Å². The van der Waals surface area contributed by atoms with Crippen molar-refractivity contribution in [3.05, 3.63) is 70.7 Å². The standard InChI is InChI=1S/C25H33N5O/c1-18-7-8-19(2)24(13-18)25-21(14-26-28-25)15-29-10-11-30(23(17-29)9-12-31)16-22-6-4-5-20(3)27-22/h4-8,13-14,23,31H,9-12,15-17H2,1-3H3,(H,26,28). The number of aryl methyl sites for hydroxylation is 3. The van der Waals surface area contributed by atoms with Crippen LogP contribution in [0.4, 0.5) is 0 Å². The highest BCUT2D eigenvalue weighted by atomic mass is 16.3. The summed E-state index contributed by atoms with van der Waals surface area (Å²) in [4.78, 5) is 9.63. The van der Waals surface area contributed by atoms with Crippen LogP contribution in [0.15, 0.2) is 42.6 Å². The quantitative estimate of drug-likeness (QED) is 0.614. The molecule has 0 amide bonds. The molecule has 6 heteroatoms. The molecule has 1 aliphatic heterocycles. The fourth-order valence-electron chi connectivity index (χ4n) is 4.54. The average Bonchev–Trinajstić information content (AvgIpc) is 3.20. The molecule has 1 fully saturated rings. The molecule has 2 N–H and O–H groups in total. The van der Waals surface area contributed by atoms with Crippen LogP contribution in [0.3, 0.4) is 0 Å². The summed E-state index contributed by atoms with van der Waals surface area (Å²) < 4.78 is 0. The van der Waals surface area contributed by atoms with Crippen molar-refractivity contribution in [3.63, 3.8) is 0 Å². The van der Waals surface area contributed by atoms with Crippen molar-refractivity contribution in [2.45, 2.75) is 46.3 Å². The molecule has 2 aromatic heterocycles. The zero-order chi connectivity index (χ0) is 21.8. The van der Waals surface area contributed by atoms with Crippen LogP contribution in [0.25, 0.3) is 11.3 Å². The van der Waals surface area contributed by atoms with Crippen molar-refractivity contribution in [2.24, 2.45) is 0 Å². The largest absolute Gasteiger partial charge is 0.396 e. The van der Waals surface area contributed by atoms with Crippen molar-refractivity contribution in [1.29, 1.82) is 0 Å². The lowest BCUT2D eigenvalue weighted by atomic mass is 10.00. The van der Waals surface area contributed by atoms with Crippen LogP contribution in [-0.2, 0) is 13.1 Å². The summed E-state index contributed by atoms with van der Waals surface area (Å²) in [6.07, 6.45) is 2.73. The lowest BCUT2D eigenvalue weighted by Crippen LogP contribution is -2.52. The van der Waals surface area contributed by atoms with Gasteiger partial charge >= 0.3 is 0 Å². The zero-order valence-electron chi connectivity index (χ0n) is 18.8. The van der Waals surface area contributed by atoms with E-state index in [1.54, 1.807) is 0 Å². The molecule has 6 nitrogen and oxygen atoms in total. The molecule has 3 aromatic rings. The van der Waals surface area contributed by atoms with E-state index in [0.717, 1.165) is 56.2 Å². The number of aliphatic hydroxyl groups is 1. The molecule has 1 atom stereocenters. The Labute approximate surface area is 184 Å². The van der Waals surface area contributed by atoms with Gasteiger partial charge in [-0.25, -0.2) is 0 Å². The smallest absolute Gasteiger partial charge is 0.0698 e. The third kappa shape index (κ3) is 5.21. The maximum atomic E-state index is 9.66. The summed E-state index contributed by atoms with van der Waals surface area (Å²) in [5.74, 6) is 0. The molecule has 1 saturated heterocycles. The van der Waals surface area contributed by atoms with Crippen LogP contribution in [0, 0.1) is 20.8 Å². The highest BCUT2D eigenvalue weighted by Crippen LogP contribution is 2.27. The van der Waals surface area contributed by atoms with E-state index in [1.165, 1.54) is 22.3 Å². The van der Waals surface area contributed by atoms with E-state index < -0.39 is 0 Å². The SMILES string of the molecule is Cc1ccc(C)c(-c2[nH]ncc2CN2CCN(Cc3cccc(C)n3)C(CCO)C2)c1. The zero-order valence-corrected chi connectivity index (χ0v) is 18.8. The van der Waals surface area contributed by atoms with Crippen molar-refractivity contribution in [1.82, 2.24) is 25.0 Å². The molecule has 1 aromatic carbocycles. The lowest BCUT2D eigenvalue weighted by molar-refractivity contribution is 0.0492. The molecular formula is C25H33N5O. The molecule has 0 bridgehead atoms. The van der Waals surface area contributed by atoms with Gasteiger partial charge in [-0.2, -0.15) is 5.10 Å². The van der Waals surface area contributed by atoms with Crippen molar-refractivity contribution in [3.8, 4) is 11.3 Å². The second-order valence-corrected chi connectivity index (χ2v) is 8.73. The molecule has 1 aliphatic rings. The normalized spacial score (nSPS) is 17.9. The molecule has 164 valence electrons. The first-order valence-corrected chi connectivity index (χ1v) is 11.1. The third-order valence-electron chi connectivity index (χ3n) is 6.24. The average molecular weight is 420 g/mol. The maximum absolute atomic E-state index is 9.66. The molecular weight excluding hydrogens is 386 g/mol. The Balaban J connectivity index is 1.47. The van der Waals surface area contributed by atoms with Crippen molar-refractivity contribution < 1.29 is 5.11 Å². The molecule has 1 unspecified atom stereocenters. The van der Waals surface area contributed by atoms with E-state index in [-0.39, 0.29) is 6.61 Å². The number of aromatic nitrogens is 3. The Bertz CT molecular complexity index is 1010. The Morgan fingerprint density at radius 2 is 1.97 bits per heavy atom. The van der Waals surface area contributed by atoms with Gasteiger partial charge in [-0.15, -0.1) is 0 Å². The van der Waals surface area contributed by atoms with Crippen molar-refractivity contribution >= 4 is 0 Å². The predicted octanol–water partition coefficient (Wildman–Crippen LogP) is 3.47. The van der Waals surface area contributed by atoms with Gasteiger partial charge in [-0.05, 0) is 51.0 Å². The number of benzene rings is 1. The van der Waals surface area contributed by atoms with Gasteiger partial charge in [0.2, 0.25) is 0 Å². The van der Waals surface area contributed by atoms with Gasteiger partial charge in [0, 0.05) is 62.2 Å². The number of piperazine rings is 1. The number of H-pyrrole nitrogens is 1.